The highest BCUT2D eigenvalue weighted by Gasteiger charge is 2.56. The predicted octanol–water partition coefficient (Wildman–Crippen LogP) is 3.62. The molecule has 1 amide bonds. The summed E-state index contributed by atoms with van der Waals surface area (Å²) in [7, 11) is -3.69. The summed E-state index contributed by atoms with van der Waals surface area (Å²) in [6, 6.07) is 6.07. The fraction of sp³-hybridized carbons (Fsp3) is 0.316. The van der Waals surface area contributed by atoms with E-state index in [-0.39, 0.29) is 21.8 Å². The van der Waals surface area contributed by atoms with Crippen molar-refractivity contribution < 1.29 is 36.6 Å². The van der Waals surface area contributed by atoms with Crippen LogP contribution in [0.5, 0.6) is 5.75 Å². The number of carbonyl (C=O) groups excluding carboxylic acids is 1. The minimum Gasteiger partial charge on any atom is -0.507 e. The zero-order valence-corrected chi connectivity index (χ0v) is 17.4. The molecule has 30 heavy (non-hydrogen) atoms. The van der Waals surface area contributed by atoms with Gasteiger partial charge >= 0.3 is 6.18 Å². The Kier molecular flexibility index (Phi) is 6.75. The molecule has 2 aromatic rings. The highest BCUT2D eigenvalue weighted by atomic mass is 35.5. The number of sulfone groups is 1. The van der Waals surface area contributed by atoms with Crippen LogP contribution in [-0.2, 0) is 9.84 Å². The third kappa shape index (κ3) is 4.71. The van der Waals surface area contributed by atoms with Gasteiger partial charge in [-0.3, -0.25) is 4.79 Å². The molecule has 3 N–H and O–H groups in total. The first kappa shape index (κ1) is 24.0. The summed E-state index contributed by atoms with van der Waals surface area (Å²) in [6.45, 7) is 1.84. The molecule has 0 aromatic heterocycles. The van der Waals surface area contributed by atoms with Crippen LogP contribution in [0.25, 0.3) is 0 Å². The molecule has 0 spiro atoms. The van der Waals surface area contributed by atoms with Crippen molar-refractivity contribution in [3.63, 3.8) is 0 Å². The maximum absolute atomic E-state index is 13.6. The highest BCUT2D eigenvalue weighted by molar-refractivity contribution is 7.91. The molecule has 0 aliphatic heterocycles. The van der Waals surface area contributed by atoms with Crippen LogP contribution in [0.4, 0.5) is 13.2 Å². The number of halogens is 4. The lowest BCUT2D eigenvalue weighted by Gasteiger charge is -2.35. The number of carbonyl (C=O) groups is 1. The van der Waals surface area contributed by atoms with Crippen LogP contribution in [0, 0.1) is 0 Å². The van der Waals surface area contributed by atoms with Gasteiger partial charge in [0.05, 0.1) is 22.3 Å². The number of phenols is 1. The molecule has 0 heterocycles. The van der Waals surface area contributed by atoms with E-state index in [0.717, 1.165) is 18.2 Å². The van der Waals surface area contributed by atoms with Gasteiger partial charge in [0.15, 0.2) is 15.4 Å². The topological polar surface area (TPSA) is 104 Å². The average molecular weight is 466 g/mol. The Morgan fingerprint density at radius 2 is 1.80 bits per heavy atom. The molecule has 0 saturated heterocycles. The van der Waals surface area contributed by atoms with Crippen molar-refractivity contribution in [2.75, 3.05) is 5.75 Å². The summed E-state index contributed by atoms with van der Waals surface area (Å²) in [5.74, 6) is -1.82. The molecule has 0 bridgehead atoms. The van der Waals surface area contributed by atoms with E-state index in [4.69, 9.17) is 11.6 Å². The van der Waals surface area contributed by atoms with Gasteiger partial charge in [-0.25, -0.2) is 8.42 Å². The van der Waals surface area contributed by atoms with Crippen LogP contribution >= 0.6 is 11.6 Å². The van der Waals surface area contributed by atoms with E-state index in [9.17, 15) is 36.6 Å². The molecule has 6 nitrogen and oxygen atoms in total. The summed E-state index contributed by atoms with van der Waals surface area (Å²) in [5.41, 5.74) is -4.14. The van der Waals surface area contributed by atoms with Gasteiger partial charge in [-0.2, -0.15) is 13.2 Å². The van der Waals surface area contributed by atoms with Gasteiger partial charge in [0.2, 0.25) is 0 Å². The number of hydrogen-bond donors (Lipinski definition) is 3. The minimum atomic E-state index is -5.18. The lowest BCUT2D eigenvalue weighted by atomic mass is 9.89. The van der Waals surface area contributed by atoms with E-state index >= 15 is 0 Å². The first-order valence-electron chi connectivity index (χ1n) is 8.62. The van der Waals surface area contributed by atoms with E-state index in [1.807, 2.05) is 5.32 Å². The Bertz CT molecular complexity index is 1050. The minimum absolute atomic E-state index is 0.212. The lowest BCUT2D eigenvalue weighted by molar-refractivity contribution is -0.263. The SMILES string of the molecule is CCS(=O)(=O)c1ccc(C(NC(=O)c2ccccc2O)C(C)(O)C(F)(F)F)c(Cl)c1. The van der Waals surface area contributed by atoms with Crippen molar-refractivity contribution in [3.8, 4) is 5.75 Å². The van der Waals surface area contributed by atoms with Gasteiger partial charge < -0.3 is 15.5 Å². The van der Waals surface area contributed by atoms with E-state index < -0.39 is 44.3 Å². The molecular weight excluding hydrogens is 447 g/mol. The van der Waals surface area contributed by atoms with E-state index in [2.05, 4.69) is 0 Å². The summed E-state index contributed by atoms with van der Waals surface area (Å²) < 4.78 is 64.7. The predicted molar refractivity (Wildman–Crippen MR) is 104 cm³/mol. The Hall–Kier alpha value is -2.30. The molecule has 0 radical (unpaired) electrons. The third-order valence-corrected chi connectivity index (χ3v) is 6.64. The van der Waals surface area contributed by atoms with Crippen molar-refractivity contribution in [1.82, 2.24) is 5.32 Å². The smallest absolute Gasteiger partial charge is 0.419 e. The molecule has 2 rings (SSSR count). The first-order chi connectivity index (χ1) is 13.7. The van der Waals surface area contributed by atoms with Gasteiger partial charge in [0.1, 0.15) is 5.75 Å². The average Bonchev–Trinajstić information content (AvgIpc) is 2.65. The first-order valence-corrected chi connectivity index (χ1v) is 10.7. The number of amides is 1. The van der Waals surface area contributed by atoms with Crippen LogP contribution in [0.3, 0.4) is 0 Å². The van der Waals surface area contributed by atoms with Gasteiger partial charge in [-0.05, 0) is 36.8 Å². The van der Waals surface area contributed by atoms with Crippen molar-refractivity contribution >= 4 is 27.3 Å². The Balaban J connectivity index is 2.58. The van der Waals surface area contributed by atoms with E-state index in [1.54, 1.807) is 0 Å². The van der Waals surface area contributed by atoms with E-state index in [0.29, 0.717) is 6.92 Å². The van der Waals surface area contributed by atoms with Gasteiger partial charge in [0.25, 0.3) is 5.91 Å². The van der Waals surface area contributed by atoms with Gasteiger partial charge in [-0.1, -0.05) is 36.7 Å². The summed E-state index contributed by atoms with van der Waals surface area (Å²) in [4.78, 5) is 12.3. The van der Waals surface area contributed by atoms with Crippen molar-refractivity contribution in [1.29, 1.82) is 0 Å². The number of phenolic OH excluding ortho intramolecular Hbond substituents is 1. The highest BCUT2D eigenvalue weighted by Crippen LogP contribution is 2.42. The zero-order chi connectivity index (χ0) is 22.9. The Labute approximate surface area is 176 Å². The number of para-hydroxylation sites is 1. The molecule has 2 aromatic carbocycles. The molecule has 0 saturated carbocycles. The third-order valence-electron chi connectivity index (χ3n) is 4.58. The molecular formula is C19H19ClF3NO5S. The number of hydrogen-bond acceptors (Lipinski definition) is 5. The molecule has 11 heteroatoms. The quantitative estimate of drug-likeness (QED) is 0.604. The van der Waals surface area contributed by atoms with Crippen LogP contribution in [0.15, 0.2) is 47.4 Å². The number of nitrogens with one attached hydrogen (secondary N) is 1. The number of benzene rings is 2. The van der Waals surface area contributed by atoms with Crippen molar-refractivity contribution in [2.45, 2.75) is 36.6 Å². The standard InChI is InChI=1S/C19H19ClF3NO5S/c1-3-30(28,29)11-8-9-12(14(20)10-11)16(18(2,27)19(21,22)23)24-17(26)13-6-4-5-7-15(13)25/h4-10,16,25,27H,3H2,1-2H3,(H,24,26). The fourth-order valence-corrected chi connectivity index (χ4v) is 3.92. The molecule has 2 atom stereocenters. The summed E-state index contributed by atoms with van der Waals surface area (Å²) >= 11 is 6.06. The maximum atomic E-state index is 13.6. The van der Waals surface area contributed by atoms with E-state index in [1.165, 1.54) is 31.2 Å². The molecule has 0 fully saturated rings. The largest absolute Gasteiger partial charge is 0.507 e. The van der Waals surface area contributed by atoms with Gasteiger partial charge in [-0.15, -0.1) is 0 Å². The Morgan fingerprint density at radius 1 is 1.20 bits per heavy atom. The molecule has 2 unspecified atom stereocenters. The zero-order valence-electron chi connectivity index (χ0n) is 15.9. The van der Waals surface area contributed by atoms with Crippen molar-refractivity contribution in [3.05, 3.63) is 58.6 Å². The van der Waals surface area contributed by atoms with Crippen LogP contribution in [-0.4, -0.2) is 42.1 Å². The number of alkyl halides is 3. The second-order valence-corrected chi connectivity index (χ2v) is 9.34. The molecule has 0 aliphatic rings. The fourth-order valence-electron chi connectivity index (χ4n) is 2.66. The van der Waals surface area contributed by atoms with Crippen molar-refractivity contribution in [2.24, 2.45) is 0 Å². The maximum Gasteiger partial charge on any atom is 0.419 e. The molecule has 0 aliphatic carbocycles. The number of aromatic hydroxyl groups is 1. The number of aliphatic hydroxyl groups is 1. The van der Waals surface area contributed by atoms with Crippen LogP contribution in [0.1, 0.15) is 35.8 Å². The summed E-state index contributed by atoms with van der Waals surface area (Å²) in [6.07, 6.45) is -5.18. The van der Waals surface area contributed by atoms with Gasteiger partial charge in [0, 0.05) is 5.02 Å². The monoisotopic (exact) mass is 465 g/mol. The lowest BCUT2D eigenvalue weighted by Crippen LogP contribution is -2.53. The second-order valence-electron chi connectivity index (χ2n) is 6.66. The number of rotatable bonds is 6. The normalized spacial score (nSPS) is 15.3. The van der Waals surface area contributed by atoms with Crippen LogP contribution < -0.4 is 5.32 Å². The molecule has 164 valence electrons. The Morgan fingerprint density at radius 3 is 2.30 bits per heavy atom. The summed E-state index contributed by atoms with van der Waals surface area (Å²) in [5, 5.41) is 21.7. The van der Waals surface area contributed by atoms with Crippen LogP contribution in [0.2, 0.25) is 5.02 Å². The second kappa shape index (κ2) is 8.44.